The van der Waals surface area contributed by atoms with Crippen molar-refractivity contribution < 1.29 is 26.3 Å². The van der Waals surface area contributed by atoms with Crippen molar-refractivity contribution in [3.63, 3.8) is 0 Å². The third kappa shape index (κ3) is 5.60. The van der Waals surface area contributed by atoms with Crippen molar-refractivity contribution >= 4 is 37.9 Å². The number of thiazole rings is 1. The zero-order chi connectivity index (χ0) is 20.4. The van der Waals surface area contributed by atoms with Crippen molar-refractivity contribution in [3.8, 4) is 17.0 Å². The molecular formula is C17H14F3N3O3S2. The number of hydrogen-bond donors (Lipinski definition) is 2. The first-order valence-electron chi connectivity index (χ1n) is 7.75. The average Bonchev–Trinajstić information content (AvgIpc) is 3.03. The summed E-state index contributed by atoms with van der Waals surface area (Å²) >= 11 is 1.21. The van der Waals surface area contributed by atoms with Gasteiger partial charge in [-0.15, -0.1) is 24.5 Å². The van der Waals surface area contributed by atoms with Crippen molar-refractivity contribution in [1.82, 2.24) is 4.98 Å². The Bertz CT molecular complexity index is 1060. The van der Waals surface area contributed by atoms with Gasteiger partial charge in [0.25, 0.3) is 0 Å². The molecule has 1 heterocycles. The molecule has 0 fully saturated rings. The molecule has 0 bridgehead atoms. The second kappa shape index (κ2) is 7.68. The molecule has 2 aromatic carbocycles. The standard InChI is InChI=1S/C17H14F3N3O3S2/c1-28(24,25)23-12-8-6-11(7-9-12)14-10-27-16(22-14)21-13-4-2-3-5-15(13)26-17(18,19)20/h2-10,23H,1H3,(H,21,22). The van der Waals surface area contributed by atoms with Crippen molar-refractivity contribution in [2.45, 2.75) is 6.36 Å². The van der Waals surface area contributed by atoms with Gasteiger partial charge < -0.3 is 10.1 Å². The normalized spacial score (nSPS) is 11.9. The minimum absolute atomic E-state index is 0.133. The lowest BCUT2D eigenvalue weighted by atomic mass is 10.1. The molecule has 3 rings (SSSR count). The molecule has 0 unspecified atom stereocenters. The number of sulfonamides is 1. The van der Waals surface area contributed by atoms with Gasteiger partial charge in [0.1, 0.15) is 0 Å². The molecule has 0 aliphatic carbocycles. The maximum atomic E-state index is 12.5. The minimum Gasteiger partial charge on any atom is -0.404 e. The van der Waals surface area contributed by atoms with E-state index in [0.717, 1.165) is 11.8 Å². The number of aromatic nitrogens is 1. The summed E-state index contributed by atoms with van der Waals surface area (Å²) in [6.45, 7) is 0. The Morgan fingerprint density at radius 3 is 2.39 bits per heavy atom. The van der Waals surface area contributed by atoms with Crippen LogP contribution in [0.25, 0.3) is 11.3 Å². The Balaban J connectivity index is 1.77. The fourth-order valence-electron chi connectivity index (χ4n) is 2.29. The van der Waals surface area contributed by atoms with Gasteiger partial charge in [0.15, 0.2) is 10.9 Å². The summed E-state index contributed by atoms with van der Waals surface area (Å²) in [5.74, 6) is -0.358. The van der Waals surface area contributed by atoms with E-state index in [4.69, 9.17) is 0 Å². The molecule has 0 radical (unpaired) electrons. The van der Waals surface area contributed by atoms with Crippen LogP contribution in [0.1, 0.15) is 0 Å². The van der Waals surface area contributed by atoms with E-state index in [2.05, 4.69) is 19.8 Å². The molecule has 2 N–H and O–H groups in total. The monoisotopic (exact) mass is 429 g/mol. The first kappa shape index (κ1) is 20.0. The number of hydrogen-bond acceptors (Lipinski definition) is 6. The van der Waals surface area contributed by atoms with Crippen LogP contribution in [0.2, 0.25) is 0 Å². The lowest BCUT2D eigenvalue weighted by molar-refractivity contribution is -0.274. The molecule has 0 aliphatic rings. The summed E-state index contributed by atoms with van der Waals surface area (Å²) in [5.41, 5.74) is 1.86. The van der Waals surface area contributed by atoms with Crippen LogP contribution in [0.3, 0.4) is 0 Å². The van der Waals surface area contributed by atoms with Gasteiger partial charge in [-0.1, -0.05) is 24.3 Å². The third-order valence-electron chi connectivity index (χ3n) is 3.34. The number of para-hydroxylation sites is 2. The highest BCUT2D eigenvalue weighted by atomic mass is 32.2. The summed E-state index contributed by atoms with van der Waals surface area (Å²) in [4.78, 5) is 4.35. The van der Waals surface area contributed by atoms with Gasteiger partial charge in [0.2, 0.25) is 10.0 Å². The molecule has 0 aliphatic heterocycles. The van der Waals surface area contributed by atoms with E-state index in [1.165, 1.54) is 29.5 Å². The van der Waals surface area contributed by atoms with Crippen molar-refractivity contribution in [2.75, 3.05) is 16.3 Å². The second-order valence-corrected chi connectivity index (χ2v) is 8.26. The second-order valence-electron chi connectivity index (χ2n) is 5.66. The Hall–Kier alpha value is -2.79. The predicted molar refractivity (Wildman–Crippen MR) is 102 cm³/mol. The van der Waals surface area contributed by atoms with Crippen molar-refractivity contribution in [2.24, 2.45) is 0 Å². The topological polar surface area (TPSA) is 80.3 Å². The molecule has 0 atom stereocenters. The molecule has 6 nitrogen and oxygen atoms in total. The molecular weight excluding hydrogens is 415 g/mol. The number of anilines is 3. The van der Waals surface area contributed by atoms with E-state index < -0.39 is 16.4 Å². The lowest BCUT2D eigenvalue weighted by Gasteiger charge is -2.13. The molecule has 0 amide bonds. The highest BCUT2D eigenvalue weighted by molar-refractivity contribution is 7.92. The van der Waals surface area contributed by atoms with Gasteiger partial charge in [-0.25, -0.2) is 13.4 Å². The van der Waals surface area contributed by atoms with Crippen LogP contribution in [-0.4, -0.2) is 26.0 Å². The number of alkyl halides is 3. The van der Waals surface area contributed by atoms with E-state index >= 15 is 0 Å². The maximum absolute atomic E-state index is 12.5. The van der Waals surface area contributed by atoms with E-state index in [1.807, 2.05) is 0 Å². The molecule has 0 saturated carbocycles. The Morgan fingerprint density at radius 2 is 1.75 bits per heavy atom. The largest absolute Gasteiger partial charge is 0.573 e. The Morgan fingerprint density at radius 1 is 1.07 bits per heavy atom. The third-order valence-corrected chi connectivity index (χ3v) is 4.71. The summed E-state index contributed by atoms with van der Waals surface area (Å²) in [6, 6.07) is 12.2. The van der Waals surface area contributed by atoms with E-state index in [1.54, 1.807) is 35.7 Å². The van der Waals surface area contributed by atoms with Crippen LogP contribution in [-0.2, 0) is 10.0 Å². The minimum atomic E-state index is -4.80. The lowest BCUT2D eigenvalue weighted by Crippen LogP contribution is -2.17. The molecule has 11 heteroatoms. The summed E-state index contributed by atoms with van der Waals surface area (Å²) < 4.78 is 66.4. The number of halogens is 3. The fourth-order valence-corrected chi connectivity index (χ4v) is 3.58. The molecule has 0 saturated heterocycles. The Kier molecular flexibility index (Phi) is 5.47. The van der Waals surface area contributed by atoms with Gasteiger partial charge in [-0.3, -0.25) is 4.72 Å². The number of ether oxygens (including phenoxy) is 1. The smallest absolute Gasteiger partial charge is 0.404 e. The number of benzene rings is 2. The molecule has 1 aromatic heterocycles. The van der Waals surface area contributed by atoms with Crippen LogP contribution in [0.4, 0.5) is 29.7 Å². The van der Waals surface area contributed by atoms with Crippen LogP contribution < -0.4 is 14.8 Å². The van der Waals surface area contributed by atoms with Gasteiger partial charge >= 0.3 is 6.36 Å². The zero-order valence-corrected chi connectivity index (χ0v) is 16.0. The molecule has 28 heavy (non-hydrogen) atoms. The van der Waals surface area contributed by atoms with Crippen LogP contribution >= 0.6 is 11.3 Å². The molecule has 0 spiro atoms. The fraction of sp³-hybridized carbons (Fsp3) is 0.118. The predicted octanol–water partition coefficient (Wildman–Crippen LogP) is 4.82. The number of nitrogens with one attached hydrogen (secondary N) is 2. The van der Waals surface area contributed by atoms with Crippen LogP contribution in [0.5, 0.6) is 5.75 Å². The first-order chi connectivity index (χ1) is 13.1. The van der Waals surface area contributed by atoms with Gasteiger partial charge in [0, 0.05) is 16.6 Å². The van der Waals surface area contributed by atoms with Crippen LogP contribution in [0.15, 0.2) is 53.9 Å². The highest BCUT2D eigenvalue weighted by Gasteiger charge is 2.32. The number of rotatable bonds is 6. The highest BCUT2D eigenvalue weighted by Crippen LogP contribution is 2.34. The van der Waals surface area contributed by atoms with Gasteiger partial charge in [0.05, 0.1) is 17.6 Å². The molecule has 3 aromatic rings. The maximum Gasteiger partial charge on any atom is 0.573 e. The summed E-state index contributed by atoms with van der Waals surface area (Å²) in [5, 5.41) is 4.93. The first-order valence-corrected chi connectivity index (χ1v) is 10.5. The van der Waals surface area contributed by atoms with Crippen molar-refractivity contribution in [1.29, 1.82) is 0 Å². The Labute approximate surface area is 163 Å². The van der Waals surface area contributed by atoms with E-state index in [0.29, 0.717) is 16.5 Å². The van der Waals surface area contributed by atoms with Crippen LogP contribution in [0, 0.1) is 0 Å². The van der Waals surface area contributed by atoms with E-state index in [9.17, 15) is 21.6 Å². The summed E-state index contributed by atoms with van der Waals surface area (Å²) in [7, 11) is -3.37. The van der Waals surface area contributed by atoms with E-state index in [-0.39, 0.29) is 11.4 Å². The molecule has 148 valence electrons. The number of nitrogens with zero attached hydrogens (tertiary/aromatic N) is 1. The summed E-state index contributed by atoms with van der Waals surface area (Å²) in [6.07, 6.45) is -3.74. The van der Waals surface area contributed by atoms with Gasteiger partial charge in [-0.05, 0) is 24.3 Å². The zero-order valence-electron chi connectivity index (χ0n) is 14.3. The van der Waals surface area contributed by atoms with Crippen molar-refractivity contribution in [3.05, 3.63) is 53.9 Å². The van der Waals surface area contributed by atoms with Gasteiger partial charge in [-0.2, -0.15) is 0 Å². The average molecular weight is 429 g/mol. The quantitative estimate of drug-likeness (QED) is 0.587. The SMILES string of the molecule is CS(=O)(=O)Nc1ccc(-c2csc(Nc3ccccc3OC(F)(F)F)n2)cc1.